The van der Waals surface area contributed by atoms with Gasteiger partial charge in [0.15, 0.2) is 0 Å². The summed E-state index contributed by atoms with van der Waals surface area (Å²) < 4.78 is 1.66. The van der Waals surface area contributed by atoms with Gasteiger partial charge in [0.2, 0.25) is 0 Å². The summed E-state index contributed by atoms with van der Waals surface area (Å²) in [6, 6.07) is 0.0759. The highest BCUT2D eigenvalue weighted by molar-refractivity contribution is 7.99. The van der Waals surface area contributed by atoms with Gasteiger partial charge in [0, 0.05) is 43.2 Å². The van der Waals surface area contributed by atoms with E-state index in [0.717, 1.165) is 29.3 Å². The molecule has 1 aliphatic rings. The summed E-state index contributed by atoms with van der Waals surface area (Å²) in [6.45, 7) is 3.51. The molecule has 0 amide bonds. The molecule has 5 nitrogen and oxygen atoms in total. The summed E-state index contributed by atoms with van der Waals surface area (Å²) in [5.41, 5.74) is 1.92. The van der Waals surface area contributed by atoms with E-state index < -0.39 is 5.97 Å². The second kappa shape index (κ2) is 6.15. The number of halogens is 1. The second-order valence-corrected chi connectivity index (χ2v) is 6.28. The van der Waals surface area contributed by atoms with Gasteiger partial charge in [-0.25, -0.2) is 0 Å². The minimum atomic E-state index is -0.744. The average molecular weight is 304 g/mol. The Morgan fingerprint density at radius 2 is 2.37 bits per heavy atom. The van der Waals surface area contributed by atoms with Crippen molar-refractivity contribution < 1.29 is 9.90 Å². The first-order chi connectivity index (χ1) is 8.99. The Kier molecular flexibility index (Phi) is 4.76. The quantitative estimate of drug-likeness (QED) is 0.919. The van der Waals surface area contributed by atoms with E-state index in [4.69, 9.17) is 16.7 Å². The molecule has 1 fully saturated rings. The van der Waals surface area contributed by atoms with E-state index in [1.165, 1.54) is 0 Å². The normalized spacial score (nSPS) is 20.7. The highest BCUT2D eigenvalue weighted by Crippen LogP contribution is 2.25. The van der Waals surface area contributed by atoms with Crippen LogP contribution in [-0.4, -0.2) is 49.8 Å². The van der Waals surface area contributed by atoms with Crippen LogP contribution in [-0.2, 0) is 18.4 Å². The Hall–Kier alpha value is -0.720. The largest absolute Gasteiger partial charge is 0.481 e. The third-order valence-electron chi connectivity index (χ3n) is 3.39. The Bertz CT molecular complexity index is 478. The number of aryl methyl sites for hydroxylation is 2. The summed E-state index contributed by atoms with van der Waals surface area (Å²) in [5.74, 6) is 1.16. The van der Waals surface area contributed by atoms with E-state index in [9.17, 15) is 4.79 Å². The van der Waals surface area contributed by atoms with Crippen molar-refractivity contribution >= 4 is 29.3 Å². The molecule has 1 saturated heterocycles. The predicted octanol–water partition coefficient (Wildman–Crippen LogP) is 1.77. The number of carboxylic acid groups (broad SMARTS) is 1. The van der Waals surface area contributed by atoms with E-state index in [0.29, 0.717) is 11.7 Å². The maximum Gasteiger partial charge on any atom is 0.304 e. The molecule has 2 heterocycles. The first-order valence-corrected chi connectivity index (χ1v) is 7.74. The summed E-state index contributed by atoms with van der Waals surface area (Å²) in [4.78, 5) is 13.1. The smallest absolute Gasteiger partial charge is 0.304 e. The van der Waals surface area contributed by atoms with Gasteiger partial charge < -0.3 is 5.11 Å². The Labute approximate surface area is 121 Å². The summed E-state index contributed by atoms with van der Waals surface area (Å²) in [6.07, 6.45) is 0.184. The number of rotatable bonds is 4. The lowest BCUT2D eigenvalue weighted by Gasteiger charge is -2.34. The standard InChI is InChI=1S/C12H18ClN3O2S/c1-8-10(12(13)15(2)14-8)6-16-3-4-19-7-9(16)5-11(17)18/h9H,3-7H2,1-2H3,(H,17,18). The fraction of sp³-hybridized carbons (Fsp3) is 0.667. The van der Waals surface area contributed by atoms with Crippen LogP contribution >= 0.6 is 23.4 Å². The maximum atomic E-state index is 10.9. The van der Waals surface area contributed by atoms with Crippen molar-refractivity contribution in [3.63, 3.8) is 0 Å². The molecule has 1 unspecified atom stereocenters. The molecule has 2 rings (SSSR count). The van der Waals surface area contributed by atoms with Crippen LogP contribution in [0, 0.1) is 6.92 Å². The molecular weight excluding hydrogens is 286 g/mol. The van der Waals surface area contributed by atoms with Crippen LogP contribution < -0.4 is 0 Å². The molecule has 1 N–H and O–H groups in total. The first kappa shape index (κ1) is 14.7. The Morgan fingerprint density at radius 3 is 2.95 bits per heavy atom. The maximum absolute atomic E-state index is 10.9. The van der Waals surface area contributed by atoms with Crippen LogP contribution in [0.3, 0.4) is 0 Å². The minimum absolute atomic E-state index is 0.0759. The van der Waals surface area contributed by atoms with Crippen molar-refractivity contribution in [2.45, 2.75) is 25.9 Å². The molecule has 0 spiro atoms. The summed E-state index contributed by atoms with van der Waals surface area (Å²) in [7, 11) is 1.82. The van der Waals surface area contributed by atoms with Crippen LogP contribution in [0.15, 0.2) is 0 Å². The van der Waals surface area contributed by atoms with Gasteiger partial charge in [-0.1, -0.05) is 11.6 Å². The zero-order valence-corrected chi connectivity index (χ0v) is 12.7. The topological polar surface area (TPSA) is 58.4 Å². The number of nitrogens with zero attached hydrogens (tertiary/aromatic N) is 3. The number of carbonyl (C=O) groups is 1. The zero-order valence-electron chi connectivity index (χ0n) is 11.1. The van der Waals surface area contributed by atoms with Gasteiger partial charge in [-0.2, -0.15) is 16.9 Å². The number of aliphatic carboxylic acids is 1. The Morgan fingerprint density at radius 1 is 1.63 bits per heavy atom. The van der Waals surface area contributed by atoms with Crippen molar-refractivity contribution in [2.24, 2.45) is 7.05 Å². The summed E-state index contributed by atoms with van der Waals surface area (Å²) >= 11 is 8.05. The average Bonchev–Trinajstić information content (AvgIpc) is 2.57. The third-order valence-corrected chi connectivity index (χ3v) is 4.96. The van der Waals surface area contributed by atoms with Crippen LogP contribution in [0.5, 0.6) is 0 Å². The molecule has 0 saturated carbocycles. The minimum Gasteiger partial charge on any atom is -0.481 e. The van der Waals surface area contributed by atoms with E-state index in [2.05, 4.69) is 10.00 Å². The molecule has 106 valence electrons. The first-order valence-electron chi connectivity index (χ1n) is 6.20. The van der Waals surface area contributed by atoms with Crippen LogP contribution in [0.1, 0.15) is 17.7 Å². The van der Waals surface area contributed by atoms with E-state index in [-0.39, 0.29) is 12.5 Å². The van der Waals surface area contributed by atoms with Gasteiger partial charge in [0.1, 0.15) is 5.15 Å². The van der Waals surface area contributed by atoms with Gasteiger partial charge >= 0.3 is 5.97 Å². The van der Waals surface area contributed by atoms with E-state index in [1.54, 1.807) is 4.68 Å². The van der Waals surface area contributed by atoms with Crippen LogP contribution in [0.4, 0.5) is 0 Å². The predicted molar refractivity (Wildman–Crippen MR) is 76.7 cm³/mol. The van der Waals surface area contributed by atoms with Gasteiger partial charge in [-0.05, 0) is 6.92 Å². The number of aromatic nitrogens is 2. The lowest BCUT2D eigenvalue weighted by molar-refractivity contribution is -0.138. The fourth-order valence-electron chi connectivity index (χ4n) is 2.34. The lowest BCUT2D eigenvalue weighted by atomic mass is 10.1. The highest BCUT2D eigenvalue weighted by atomic mass is 35.5. The molecular formula is C12H18ClN3O2S. The Balaban J connectivity index is 2.12. The van der Waals surface area contributed by atoms with Crippen LogP contribution in [0.2, 0.25) is 5.15 Å². The molecule has 0 aliphatic carbocycles. The molecule has 0 radical (unpaired) electrons. The van der Waals surface area contributed by atoms with E-state index >= 15 is 0 Å². The molecule has 19 heavy (non-hydrogen) atoms. The third kappa shape index (κ3) is 3.43. The van der Waals surface area contributed by atoms with E-state index in [1.807, 2.05) is 25.7 Å². The zero-order chi connectivity index (χ0) is 14.0. The fourth-order valence-corrected chi connectivity index (χ4v) is 3.71. The molecule has 1 aliphatic heterocycles. The molecule has 0 aromatic carbocycles. The number of hydrogen-bond donors (Lipinski definition) is 1. The molecule has 7 heteroatoms. The van der Waals surface area contributed by atoms with Crippen molar-refractivity contribution in [3.8, 4) is 0 Å². The SMILES string of the molecule is Cc1nn(C)c(Cl)c1CN1CCSCC1CC(=O)O. The van der Waals surface area contributed by atoms with Crippen LogP contribution in [0.25, 0.3) is 0 Å². The van der Waals surface area contributed by atoms with Gasteiger partial charge in [-0.15, -0.1) is 0 Å². The molecule has 1 aromatic heterocycles. The molecule has 1 aromatic rings. The van der Waals surface area contributed by atoms with Crippen molar-refractivity contribution in [2.75, 3.05) is 18.1 Å². The second-order valence-electron chi connectivity index (χ2n) is 4.78. The molecule has 1 atom stereocenters. The highest BCUT2D eigenvalue weighted by Gasteiger charge is 2.26. The number of thioether (sulfide) groups is 1. The molecule has 0 bridgehead atoms. The monoisotopic (exact) mass is 303 g/mol. The van der Waals surface area contributed by atoms with Gasteiger partial charge in [0.25, 0.3) is 0 Å². The van der Waals surface area contributed by atoms with Crippen molar-refractivity contribution in [1.29, 1.82) is 0 Å². The van der Waals surface area contributed by atoms with Gasteiger partial charge in [-0.3, -0.25) is 14.4 Å². The number of carboxylic acids is 1. The van der Waals surface area contributed by atoms with Crippen molar-refractivity contribution in [3.05, 3.63) is 16.4 Å². The summed E-state index contributed by atoms with van der Waals surface area (Å²) in [5, 5.41) is 13.9. The van der Waals surface area contributed by atoms with Gasteiger partial charge in [0.05, 0.1) is 12.1 Å². The lowest BCUT2D eigenvalue weighted by Crippen LogP contribution is -2.43. The number of hydrogen-bond acceptors (Lipinski definition) is 4. The van der Waals surface area contributed by atoms with Crippen molar-refractivity contribution in [1.82, 2.24) is 14.7 Å².